The predicted octanol–water partition coefficient (Wildman–Crippen LogP) is 2.21. The average molecular weight is 191 g/mol. The third-order valence-electron chi connectivity index (χ3n) is 3.07. The molecular formula is C12H17NO. The number of hydrogen-bond donors (Lipinski definition) is 1. The predicted molar refractivity (Wildman–Crippen MR) is 57.5 cm³/mol. The fourth-order valence-corrected chi connectivity index (χ4v) is 2.21. The molecule has 2 nitrogen and oxygen atoms in total. The van der Waals surface area contributed by atoms with Crippen molar-refractivity contribution in [1.29, 1.82) is 0 Å². The summed E-state index contributed by atoms with van der Waals surface area (Å²) in [7, 11) is 1.69. The summed E-state index contributed by atoms with van der Waals surface area (Å²) < 4.78 is 5.22. The van der Waals surface area contributed by atoms with Crippen LogP contribution >= 0.6 is 0 Å². The minimum atomic E-state index is -0.178. The molecule has 0 aliphatic heterocycles. The van der Waals surface area contributed by atoms with Gasteiger partial charge in [0.15, 0.2) is 0 Å². The van der Waals surface area contributed by atoms with Crippen LogP contribution in [-0.4, -0.2) is 7.11 Å². The van der Waals surface area contributed by atoms with Crippen molar-refractivity contribution in [3.05, 3.63) is 29.3 Å². The Kier molecular flexibility index (Phi) is 2.23. The Morgan fingerprint density at radius 1 is 1.43 bits per heavy atom. The summed E-state index contributed by atoms with van der Waals surface area (Å²) in [5.74, 6) is 0.905. The number of aryl methyl sites for hydroxylation is 1. The number of methoxy groups -OCH3 is 1. The average Bonchev–Trinajstić information content (AvgIpc) is 2.17. The van der Waals surface area contributed by atoms with Crippen LogP contribution in [-0.2, 0) is 12.0 Å². The van der Waals surface area contributed by atoms with Crippen LogP contribution in [0.25, 0.3) is 0 Å². The summed E-state index contributed by atoms with van der Waals surface area (Å²) >= 11 is 0. The molecule has 0 saturated carbocycles. The lowest BCUT2D eigenvalue weighted by Gasteiger charge is -2.32. The molecule has 0 amide bonds. The van der Waals surface area contributed by atoms with Gasteiger partial charge in [-0.25, -0.2) is 0 Å². The van der Waals surface area contributed by atoms with Gasteiger partial charge in [0.05, 0.1) is 7.11 Å². The first-order chi connectivity index (χ1) is 6.63. The molecule has 1 unspecified atom stereocenters. The highest BCUT2D eigenvalue weighted by Gasteiger charge is 2.27. The summed E-state index contributed by atoms with van der Waals surface area (Å²) in [5, 5.41) is 0. The molecule has 1 aliphatic rings. The molecule has 0 bridgehead atoms. The smallest absolute Gasteiger partial charge is 0.119 e. The van der Waals surface area contributed by atoms with Crippen LogP contribution in [0.2, 0.25) is 0 Å². The van der Waals surface area contributed by atoms with Gasteiger partial charge in [0.2, 0.25) is 0 Å². The van der Waals surface area contributed by atoms with Gasteiger partial charge in [-0.2, -0.15) is 0 Å². The molecule has 0 saturated heterocycles. The number of hydrogen-bond acceptors (Lipinski definition) is 2. The Hall–Kier alpha value is -1.02. The molecule has 1 aliphatic carbocycles. The van der Waals surface area contributed by atoms with Gasteiger partial charge >= 0.3 is 0 Å². The highest BCUT2D eigenvalue weighted by molar-refractivity contribution is 5.41. The fourth-order valence-electron chi connectivity index (χ4n) is 2.21. The number of rotatable bonds is 1. The van der Waals surface area contributed by atoms with Crippen LogP contribution in [0.4, 0.5) is 0 Å². The molecule has 0 spiro atoms. The van der Waals surface area contributed by atoms with Gasteiger partial charge in [-0.15, -0.1) is 0 Å². The highest BCUT2D eigenvalue weighted by atomic mass is 16.5. The molecule has 2 heteroatoms. The SMILES string of the molecule is COc1ccc2c(c1)C(C)(N)CCC2. The van der Waals surface area contributed by atoms with Gasteiger partial charge < -0.3 is 10.5 Å². The van der Waals surface area contributed by atoms with E-state index in [1.165, 1.54) is 17.5 Å². The number of ether oxygens (including phenoxy) is 1. The molecule has 1 aromatic carbocycles. The third kappa shape index (κ3) is 1.50. The molecular weight excluding hydrogens is 174 g/mol. The lowest BCUT2D eigenvalue weighted by Crippen LogP contribution is -2.36. The maximum atomic E-state index is 6.26. The first-order valence-corrected chi connectivity index (χ1v) is 5.10. The highest BCUT2D eigenvalue weighted by Crippen LogP contribution is 2.34. The lowest BCUT2D eigenvalue weighted by molar-refractivity contribution is 0.392. The zero-order valence-corrected chi connectivity index (χ0v) is 8.84. The summed E-state index contributed by atoms with van der Waals surface area (Å²) in [5.41, 5.74) is 8.71. The summed E-state index contributed by atoms with van der Waals surface area (Å²) in [4.78, 5) is 0. The quantitative estimate of drug-likeness (QED) is 0.738. The largest absolute Gasteiger partial charge is 0.497 e. The van der Waals surface area contributed by atoms with Crippen LogP contribution in [0.5, 0.6) is 5.75 Å². The molecule has 2 rings (SSSR count). The zero-order chi connectivity index (χ0) is 10.2. The van der Waals surface area contributed by atoms with E-state index in [1.807, 2.05) is 6.07 Å². The number of benzene rings is 1. The van der Waals surface area contributed by atoms with Crippen molar-refractivity contribution in [2.75, 3.05) is 7.11 Å². The van der Waals surface area contributed by atoms with E-state index in [4.69, 9.17) is 10.5 Å². The maximum Gasteiger partial charge on any atom is 0.119 e. The van der Waals surface area contributed by atoms with E-state index in [2.05, 4.69) is 19.1 Å². The van der Waals surface area contributed by atoms with E-state index in [0.29, 0.717) is 0 Å². The number of fused-ring (bicyclic) bond motifs is 1. The Morgan fingerprint density at radius 3 is 2.93 bits per heavy atom. The van der Waals surface area contributed by atoms with E-state index < -0.39 is 0 Å². The fraction of sp³-hybridized carbons (Fsp3) is 0.500. The number of nitrogens with two attached hydrogens (primary N) is 1. The summed E-state index contributed by atoms with van der Waals surface area (Å²) in [6.45, 7) is 2.10. The second-order valence-corrected chi connectivity index (χ2v) is 4.29. The van der Waals surface area contributed by atoms with Crippen molar-refractivity contribution < 1.29 is 4.74 Å². The van der Waals surface area contributed by atoms with Crippen molar-refractivity contribution in [2.24, 2.45) is 5.73 Å². The second-order valence-electron chi connectivity index (χ2n) is 4.29. The van der Waals surface area contributed by atoms with Crippen molar-refractivity contribution in [3.63, 3.8) is 0 Å². The van der Waals surface area contributed by atoms with E-state index >= 15 is 0 Å². The van der Waals surface area contributed by atoms with Gasteiger partial charge in [0.1, 0.15) is 5.75 Å². The van der Waals surface area contributed by atoms with Crippen molar-refractivity contribution in [2.45, 2.75) is 31.7 Å². The molecule has 1 aromatic rings. The Labute approximate surface area is 85.1 Å². The van der Waals surface area contributed by atoms with Gasteiger partial charge in [-0.1, -0.05) is 6.07 Å². The van der Waals surface area contributed by atoms with Crippen molar-refractivity contribution >= 4 is 0 Å². The Balaban J connectivity index is 2.49. The van der Waals surface area contributed by atoms with Crippen LogP contribution < -0.4 is 10.5 Å². The first-order valence-electron chi connectivity index (χ1n) is 5.10. The minimum Gasteiger partial charge on any atom is -0.497 e. The normalized spacial score (nSPS) is 25.6. The van der Waals surface area contributed by atoms with E-state index in [9.17, 15) is 0 Å². The van der Waals surface area contributed by atoms with Gasteiger partial charge in [0, 0.05) is 5.54 Å². The van der Waals surface area contributed by atoms with E-state index in [-0.39, 0.29) is 5.54 Å². The Bertz CT molecular complexity index is 344. The van der Waals surface area contributed by atoms with Gasteiger partial charge in [0.25, 0.3) is 0 Å². The summed E-state index contributed by atoms with van der Waals surface area (Å²) in [6.07, 6.45) is 3.39. The van der Waals surface area contributed by atoms with E-state index in [0.717, 1.165) is 18.6 Å². The topological polar surface area (TPSA) is 35.2 Å². The van der Waals surface area contributed by atoms with Crippen molar-refractivity contribution in [3.8, 4) is 5.75 Å². The molecule has 0 fully saturated rings. The minimum absolute atomic E-state index is 0.178. The maximum absolute atomic E-state index is 6.26. The zero-order valence-electron chi connectivity index (χ0n) is 8.84. The lowest BCUT2D eigenvalue weighted by atomic mass is 9.78. The van der Waals surface area contributed by atoms with Crippen LogP contribution in [0.1, 0.15) is 30.9 Å². The molecule has 2 N–H and O–H groups in total. The molecule has 0 heterocycles. The molecule has 76 valence electrons. The second kappa shape index (κ2) is 3.28. The van der Waals surface area contributed by atoms with Crippen molar-refractivity contribution in [1.82, 2.24) is 0 Å². The van der Waals surface area contributed by atoms with E-state index in [1.54, 1.807) is 7.11 Å². The molecule has 0 aromatic heterocycles. The van der Waals surface area contributed by atoms with Gasteiger partial charge in [-0.05, 0) is 49.4 Å². The molecule has 1 atom stereocenters. The summed E-state index contributed by atoms with van der Waals surface area (Å²) in [6, 6.07) is 6.23. The molecule has 14 heavy (non-hydrogen) atoms. The van der Waals surface area contributed by atoms with Crippen LogP contribution in [0.15, 0.2) is 18.2 Å². The third-order valence-corrected chi connectivity index (χ3v) is 3.07. The van der Waals surface area contributed by atoms with Crippen LogP contribution in [0, 0.1) is 0 Å². The first kappa shape index (κ1) is 9.53. The molecule has 0 radical (unpaired) electrons. The van der Waals surface area contributed by atoms with Gasteiger partial charge in [-0.3, -0.25) is 0 Å². The standard InChI is InChI=1S/C12H17NO/c1-12(13)7-3-4-9-5-6-10(14-2)8-11(9)12/h5-6,8H,3-4,7,13H2,1-2H3. The monoisotopic (exact) mass is 191 g/mol. The Morgan fingerprint density at radius 2 is 2.21 bits per heavy atom. The van der Waals surface area contributed by atoms with Crippen LogP contribution in [0.3, 0.4) is 0 Å².